The standard InChI is InChI=1S/C14H20N4O3/c1-9-11(10(2)20-16-9)7-18(3)8-13-15-14(21-17-13)12-5-4-6-19-12/h12H,4-8H2,1-3H3. The first-order chi connectivity index (χ1) is 10.1. The molecule has 7 heteroatoms. The highest BCUT2D eigenvalue weighted by Gasteiger charge is 2.24. The number of rotatable bonds is 5. The lowest BCUT2D eigenvalue weighted by Gasteiger charge is -2.13. The molecule has 7 nitrogen and oxygen atoms in total. The van der Waals surface area contributed by atoms with Crippen LogP contribution in [0.1, 0.15) is 47.7 Å². The number of ether oxygens (including phenoxy) is 1. The molecule has 3 heterocycles. The number of hydrogen-bond acceptors (Lipinski definition) is 7. The Labute approximate surface area is 123 Å². The van der Waals surface area contributed by atoms with Gasteiger partial charge in [0.15, 0.2) is 5.82 Å². The third-order valence-corrected chi connectivity index (χ3v) is 3.71. The topological polar surface area (TPSA) is 77.4 Å². The molecule has 0 N–H and O–H groups in total. The minimum Gasteiger partial charge on any atom is -0.368 e. The predicted molar refractivity (Wildman–Crippen MR) is 73.4 cm³/mol. The summed E-state index contributed by atoms with van der Waals surface area (Å²) in [5.41, 5.74) is 2.04. The van der Waals surface area contributed by atoms with Crippen LogP contribution in [0.15, 0.2) is 9.05 Å². The Balaban J connectivity index is 1.61. The zero-order valence-electron chi connectivity index (χ0n) is 12.6. The van der Waals surface area contributed by atoms with E-state index in [4.69, 9.17) is 13.8 Å². The number of aromatic nitrogens is 3. The number of nitrogens with zero attached hydrogens (tertiary/aromatic N) is 4. The van der Waals surface area contributed by atoms with E-state index in [2.05, 4.69) is 20.2 Å². The van der Waals surface area contributed by atoms with E-state index in [0.29, 0.717) is 18.3 Å². The molecule has 1 atom stereocenters. The molecule has 2 aromatic heterocycles. The second-order valence-electron chi connectivity index (χ2n) is 5.53. The molecule has 0 bridgehead atoms. The maximum absolute atomic E-state index is 5.54. The van der Waals surface area contributed by atoms with Crippen LogP contribution < -0.4 is 0 Å². The summed E-state index contributed by atoms with van der Waals surface area (Å²) in [5.74, 6) is 2.12. The largest absolute Gasteiger partial charge is 0.368 e. The Bertz CT molecular complexity index is 582. The lowest BCUT2D eigenvalue weighted by Crippen LogP contribution is -2.18. The van der Waals surface area contributed by atoms with Crippen molar-refractivity contribution in [2.24, 2.45) is 0 Å². The second kappa shape index (κ2) is 5.95. The zero-order chi connectivity index (χ0) is 14.8. The van der Waals surface area contributed by atoms with Gasteiger partial charge in [-0.3, -0.25) is 4.90 Å². The maximum atomic E-state index is 5.54. The van der Waals surface area contributed by atoms with Crippen LogP contribution in [0.25, 0.3) is 0 Å². The third kappa shape index (κ3) is 3.14. The van der Waals surface area contributed by atoms with Gasteiger partial charge >= 0.3 is 0 Å². The summed E-state index contributed by atoms with van der Waals surface area (Å²) in [7, 11) is 2.01. The molecule has 0 radical (unpaired) electrons. The van der Waals surface area contributed by atoms with Gasteiger partial charge in [0.1, 0.15) is 11.9 Å². The summed E-state index contributed by atoms with van der Waals surface area (Å²) < 4.78 is 16.0. The first-order valence-corrected chi connectivity index (χ1v) is 7.18. The third-order valence-electron chi connectivity index (χ3n) is 3.71. The Kier molecular flexibility index (Phi) is 4.03. The second-order valence-corrected chi connectivity index (χ2v) is 5.53. The summed E-state index contributed by atoms with van der Waals surface area (Å²) >= 11 is 0. The van der Waals surface area contributed by atoms with Crippen molar-refractivity contribution in [1.29, 1.82) is 0 Å². The summed E-state index contributed by atoms with van der Waals surface area (Å²) in [5, 5.41) is 7.99. The van der Waals surface area contributed by atoms with E-state index < -0.39 is 0 Å². The average Bonchev–Trinajstić information content (AvgIpc) is 3.16. The van der Waals surface area contributed by atoms with E-state index in [9.17, 15) is 0 Å². The van der Waals surface area contributed by atoms with Gasteiger partial charge in [-0.2, -0.15) is 4.98 Å². The van der Waals surface area contributed by atoms with Gasteiger partial charge in [-0.1, -0.05) is 10.3 Å². The van der Waals surface area contributed by atoms with Crippen LogP contribution in [0.4, 0.5) is 0 Å². The van der Waals surface area contributed by atoms with Crippen LogP contribution in [0, 0.1) is 13.8 Å². The fourth-order valence-corrected chi connectivity index (χ4v) is 2.53. The Hall–Kier alpha value is -1.73. The van der Waals surface area contributed by atoms with Gasteiger partial charge in [-0.25, -0.2) is 0 Å². The summed E-state index contributed by atoms with van der Waals surface area (Å²) in [4.78, 5) is 6.53. The van der Waals surface area contributed by atoms with Crippen LogP contribution >= 0.6 is 0 Å². The highest BCUT2D eigenvalue weighted by molar-refractivity contribution is 5.20. The minimum absolute atomic E-state index is 0.0286. The lowest BCUT2D eigenvalue weighted by molar-refractivity contribution is 0.0835. The van der Waals surface area contributed by atoms with Crippen molar-refractivity contribution in [1.82, 2.24) is 20.2 Å². The molecular formula is C14H20N4O3. The SMILES string of the molecule is Cc1noc(C)c1CN(C)Cc1noc(C2CCCO2)n1. The van der Waals surface area contributed by atoms with Gasteiger partial charge in [-0.05, 0) is 33.7 Å². The highest BCUT2D eigenvalue weighted by atomic mass is 16.5. The van der Waals surface area contributed by atoms with E-state index in [1.54, 1.807) is 0 Å². The Morgan fingerprint density at radius 1 is 1.19 bits per heavy atom. The van der Waals surface area contributed by atoms with Crippen LogP contribution in [-0.2, 0) is 17.8 Å². The minimum atomic E-state index is -0.0286. The van der Waals surface area contributed by atoms with Crippen molar-refractivity contribution in [3.05, 3.63) is 28.7 Å². The van der Waals surface area contributed by atoms with Crippen molar-refractivity contribution in [3.63, 3.8) is 0 Å². The van der Waals surface area contributed by atoms with Crippen molar-refractivity contribution in [2.45, 2.75) is 45.9 Å². The van der Waals surface area contributed by atoms with E-state index >= 15 is 0 Å². The monoisotopic (exact) mass is 292 g/mol. The predicted octanol–water partition coefficient (Wildman–Crippen LogP) is 2.16. The fraction of sp³-hybridized carbons (Fsp3) is 0.643. The molecule has 1 aliphatic rings. The summed E-state index contributed by atoms with van der Waals surface area (Å²) in [6.45, 7) is 6.00. The van der Waals surface area contributed by atoms with Gasteiger partial charge in [0, 0.05) is 18.7 Å². The van der Waals surface area contributed by atoms with E-state index in [0.717, 1.165) is 43.0 Å². The first kappa shape index (κ1) is 14.2. The molecule has 2 aromatic rings. The summed E-state index contributed by atoms with van der Waals surface area (Å²) in [6, 6.07) is 0. The van der Waals surface area contributed by atoms with Crippen LogP contribution in [0.5, 0.6) is 0 Å². The van der Waals surface area contributed by atoms with Crippen LogP contribution in [0.3, 0.4) is 0 Å². The molecule has 1 saturated heterocycles. The molecule has 1 fully saturated rings. The molecule has 21 heavy (non-hydrogen) atoms. The van der Waals surface area contributed by atoms with Gasteiger partial charge in [0.05, 0.1) is 12.2 Å². The first-order valence-electron chi connectivity index (χ1n) is 7.18. The highest BCUT2D eigenvalue weighted by Crippen LogP contribution is 2.27. The van der Waals surface area contributed by atoms with Gasteiger partial charge in [0.2, 0.25) is 0 Å². The molecule has 114 valence electrons. The van der Waals surface area contributed by atoms with Crippen molar-refractivity contribution >= 4 is 0 Å². The molecule has 1 unspecified atom stereocenters. The average molecular weight is 292 g/mol. The quantitative estimate of drug-likeness (QED) is 0.835. The van der Waals surface area contributed by atoms with Crippen LogP contribution in [0.2, 0.25) is 0 Å². The molecular weight excluding hydrogens is 272 g/mol. The smallest absolute Gasteiger partial charge is 0.255 e. The molecule has 1 aliphatic heterocycles. The van der Waals surface area contributed by atoms with E-state index in [1.807, 2.05) is 20.9 Å². The molecule has 0 saturated carbocycles. The van der Waals surface area contributed by atoms with Crippen molar-refractivity contribution in [3.8, 4) is 0 Å². The zero-order valence-corrected chi connectivity index (χ0v) is 12.6. The van der Waals surface area contributed by atoms with E-state index in [1.165, 1.54) is 0 Å². The molecule has 0 aromatic carbocycles. The van der Waals surface area contributed by atoms with Crippen molar-refractivity contribution in [2.75, 3.05) is 13.7 Å². The lowest BCUT2D eigenvalue weighted by atomic mass is 10.2. The number of aryl methyl sites for hydroxylation is 2. The van der Waals surface area contributed by atoms with Crippen molar-refractivity contribution < 1.29 is 13.8 Å². The fourth-order valence-electron chi connectivity index (χ4n) is 2.53. The number of hydrogen-bond donors (Lipinski definition) is 0. The molecule has 0 amide bonds. The van der Waals surface area contributed by atoms with Gasteiger partial charge in [-0.15, -0.1) is 0 Å². The van der Waals surface area contributed by atoms with E-state index in [-0.39, 0.29) is 6.10 Å². The van der Waals surface area contributed by atoms with Gasteiger partial charge < -0.3 is 13.8 Å². The maximum Gasteiger partial charge on any atom is 0.255 e. The molecule has 0 spiro atoms. The van der Waals surface area contributed by atoms with Gasteiger partial charge in [0.25, 0.3) is 5.89 Å². The Morgan fingerprint density at radius 3 is 2.71 bits per heavy atom. The molecule has 0 aliphatic carbocycles. The summed E-state index contributed by atoms with van der Waals surface area (Å²) in [6.07, 6.45) is 1.98. The Morgan fingerprint density at radius 2 is 2.05 bits per heavy atom. The molecule has 3 rings (SSSR count). The normalized spacial score (nSPS) is 18.8. The van der Waals surface area contributed by atoms with Crippen LogP contribution in [-0.4, -0.2) is 33.9 Å².